The minimum atomic E-state index is -1.18. The fourth-order valence-electron chi connectivity index (χ4n) is 3.42. The molecule has 1 unspecified atom stereocenters. The van der Waals surface area contributed by atoms with Gasteiger partial charge in [-0.25, -0.2) is 4.21 Å². The van der Waals surface area contributed by atoms with E-state index in [9.17, 15) is 4.21 Å². The van der Waals surface area contributed by atoms with Crippen LogP contribution in [0.2, 0.25) is 0 Å². The number of nitrogens with zero attached hydrogens (tertiary/aromatic N) is 4. The Kier molecular flexibility index (Phi) is 6.12. The molecule has 1 aromatic rings. The monoisotopic (exact) mass is 362 g/mol. The highest BCUT2D eigenvalue weighted by molar-refractivity contribution is 7.83. The van der Waals surface area contributed by atoms with E-state index in [0.717, 1.165) is 56.7 Å². The Hall–Kier alpha value is -1.40. The number of rotatable bonds is 5. The van der Waals surface area contributed by atoms with Crippen LogP contribution in [0.4, 0.5) is 0 Å². The molecule has 1 fully saturated rings. The second kappa shape index (κ2) is 8.32. The largest absolute Gasteiger partial charge is 0.339 e. The van der Waals surface area contributed by atoms with Crippen molar-refractivity contribution in [3.05, 3.63) is 29.8 Å². The molecule has 0 saturated carbocycles. The Morgan fingerprint density at radius 1 is 1.08 bits per heavy atom. The highest BCUT2D eigenvalue weighted by atomic mass is 32.2. The summed E-state index contributed by atoms with van der Waals surface area (Å²) in [4.78, 5) is 10.3. The van der Waals surface area contributed by atoms with Gasteiger partial charge < -0.3 is 4.90 Å². The highest BCUT2D eigenvalue weighted by Gasteiger charge is 2.30. The van der Waals surface area contributed by atoms with Crippen molar-refractivity contribution in [1.82, 2.24) is 14.1 Å². The standard InChI is InChI=1S/C19H30N4OS/c1-4-10-21-12-14-22(15-13-21)19-20-9-11-23(19)25(24)18-7-5-17(6-8-18)16(2)3/h5-8,16H,4,9-15H2,1-3H3. The second-order valence-electron chi connectivity index (χ2n) is 7.09. The molecule has 3 rings (SSSR count). The fraction of sp³-hybridized carbons (Fsp3) is 0.632. The molecule has 1 saturated heterocycles. The summed E-state index contributed by atoms with van der Waals surface area (Å²) < 4.78 is 15.0. The van der Waals surface area contributed by atoms with Gasteiger partial charge in [-0.3, -0.25) is 14.2 Å². The van der Waals surface area contributed by atoms with Gasteiger partial charge in [0.25, 0.3) is 0 Å². The Bertz CT molecular complexity index is 621. The van der Waals surface area contributed by atoms with Crippen LogP contribution in [0, 0.1) is 0 Å². The lowest BCUT2D eigenvalue weighted by atomic mass is 10.0. The fourth-order valence-corrected chi connectivity index (χ4v) is 4.61. The van der Waals surface area contributed by atoms with E-state index in [1.165, 1.54) is 12.0 Å². The summed E-state index contributed by atoms with van der Waals surface area (Å²) in [7, 11) is -1.18. The van der Waals surface area contributed by atoms with Crippen molar-refractivity contribution in [3.8, 4) is 0 Å². The molecule has 1 atom stereocenters. The van der Waals surface area contributed by atoms with Crippen LogP contribution in [-0.2, 0) is 11.0 Å². The minimum absolute atomic E-state index is 0.491. The molecule has 0 spiro atoms. The summed E-state index contributed by atoms with van der Waals surface area (Å²) in [6.07, 6.45) is 1.20. The maximum Gasteiger partial charge on any atom is 0.209 e. The van der Waals surface area contributed by atoms with Gasteiger partial charge >= 0.3 is 0 Å². The molecule has 5 nitrogen and oxygen atoms in total. The molecule has 6 heteroatoms. The first-order valence-electron chi connectivity index (χ1n) is 9.41. The van der Waals surface area contributed by atoms with E-state index in [0.29, 0.717) is 5.92 Å². The molecular weight excluding hydrogens is 332 g/mol. The van der Waals surface area contributed by atoms with Gasteiger partial charge in [0.2, 0.25) is 5.96 Å². The lowest BCUT2D eigenvalue weighted by Crippen LogP contribution is -2.52. The number of piperazine rings is 1. The predicted octanol–water partition coefficient (Wildman–Crippen LogP) is 2.53. The Balaban J connectivity index is 1.66. The van der Waals surface area contributed by atoms with Gasteiger partial charge in [0, 0.05) is 26.2 Å². The zero-order valence-electron chi connectivity index (χ0n) is 15.6. The second-order valence-corrected chi connectivity index (χ2v) is 8.50. The lowest BCUT2D eigenvalue weighted by molar-refractivity contribution is 0.177. The van der Waals surface area contributed by atoms with Gasteiger partial charge in [0.05, 0.1) is 18.0 Å². The maximum absolute atomic E-state index is 13.1. The summed E-state index contributed by atoms with van der Waals surface area (Å²) in [6.45, 7) is 13.3. The third-order valence-corrected chi connectivity index (χ3v) is 6.34. The molecule has 2 heterocycles. The normalized spacial score (nSPS) is 20.2. The third-order valence-electron chi connectivity index (χ3n) is 4.92. The quantitative estimate of drug-likeness (QED) is 0.808. The molecule has 0 aliphatic carbocycles. The zero-order valence-corrected chi connectivity index (χ0v) is 16.5. The summed E-state index contributed by atoms with van der Waals surface area (Å²) in [5.41, 5.74) is 1.28. The molecule has 2 aliphatic rings. The van der Waals surface area contributed by atoms with Crippen LogP contribution in [0.5, 0.6) is 0 Å². The molecule has 0 amide bonds. The van der Waals surface area contributed by atoms with Crippen LogP contribution >= 0.6 is 0 Å². The smallest absolute Gasteiger partial charge is 0.209 e. The highest BCUT2D eigenvalue weighted by Crippen LogP contribution is 2.20. The molecule has 2 aliphatic heterocycles. The molecule has 0 aromatic heterocycles. The van der Waals surface area contributed by atoms with Gasteiger partial charge in [-0.15, -0.1) is 0 Å². The molecule has 25 heavy (non-hydrogen) atoms. The van der Waals surface area contributed by atoms with Crippen LogP contribution in [-0.4, -0.2) is 70.1 Å². The first kappa shape index (κ1) is 18.4. The number of benzene rings is 1. The number of aliphatic imine (C=N–C) groups is 1. The van der Waals surface area contributed by atoms with E-state index in [2.05, 4.69) is 47.7 Å². The van der Waals surface area contributed by atoms with Gasteiger partial charge in [0.15, 0.2) is 11.0 Å². The van der Waals surface area contributed by atoms with Gasteiger partial charge in [-0.2, -0.15) is 0 Å². The first-order valence-corrected chi connectivity index (χ1v) is 10.5. The average molecular weight is 363 g/mol. The maximum atomic E-state index is 13.1. The van der Waals surface area contributed by atoms with E-state index in [1.807, 2.05) is 16.4 Å². The van der Waals surface area contributed by atoms with Crippen molar-refractivity contribution in [2.45, 2.75) is 38.0 Å². The number of hydrogen-bond donors (Lipinski definition) is 0. The third kappa shape index (κ3) is 4.23. The van der Waals surface area contributed by atoms with Crippen molar-refractivity contribution in [1.29, 1.82) is 0 Å². The van der Waals surface area contributed by atoms with Gasteiger partial charge in [0.1, 0.15) is 0 Å². The minimum Gasteiger partial charge on any atom is -0.339 e. The van der Waals surface area contributed by atoms with Crippen LogP contribution in [0.15, 0.2) is 34.2 Å². The van der Waals surface area contributed by atoms with Gasteiger partial charge in [-0.1, -0.05) is 32.9 Å². The molecule has 0 N–H and O–H groups in total. The van der Waals surface area contributed by atoms with E-state index in [-0.39, 0.29) is 0 Å². The summed E-state index contributed by atoms with van der Waals surface area (Å²) in [5.74, 6) is 1.41. The van der Waals surface area contributed by atoms with Crippen molar-refractivity contribution >= 4 is 16.9 Å². The molecule has 1 aromatic carbocycles. The summed E-state index contributed by atoms with van der Waals surface area (Å²) in [5, 5.41) is 0. The molecule has 0 bridgehead atoms. The average Bonchev–Trinajstić information content (AvgIpc) is 3.12. The van der Waals surface area contributed by atoms with Gasteiger partial charge in [-0.05, 0) is 36.6 Å². The van der Waals surface area contributed by atoms with Crippen molar-refractivity contribution in [2.75, 3.05) is 45.8 Å². The van der Waals surface area contributed by atoms with Crippen LogP contribution in [0.25, 0.3) is 0 Å². The van der Waals surface area contributed by atoms with Crippen LogP contribution in [0.1, 0.15) is 38.7 Å². The molecule has 0 radical (unpaired) electrons. The van der Waals surface area contributed by atoms with E-state index >= 15 is 0 Å². The zero-order chi connectivity index (χ0) is 17.8. The van der Waals surface area contributed by atoms with Crippen LogP contribution < -0.4 is 0 Å². The lowest BCUT2D eigenvalue weighted by Gasteiger charge is -2.37. The van der Waals surface area contributed by atoms with Crippen molar-refractivity contribution in [2.24, 2.45) is 4.99 Å². The molecular formula is C19H30N4OS. The van der Waals surface area contributed by atoms with Crippen LogP contribution in [0.3, 0.4) is 0 Å². The number of guanidine groups is 1. The molecule has 138 valence electrons. The van der Waals surface area contributed by atoms with E-state index < -0.39 is 11.0 Å². The summed E-state index contributed by atoms with van der Waals surface area (Å²) >= 11 is 0. The van der Waals surface area contributed by atoms with E-state index in [1.54, 1.807) is 0 Å². The topological polar surface area (TPSA) is 39.1 Å². The predicted molar refractivity (Wildman–Crippen MR) is 104 cm³/mol. The Morgan fingerprint density at radius 2 is 1.76 bits per heavy atom. The summed E-state index contributed by atoms with van der Waals surface area (Å²) in [6, 6.07) is 8.18. The first-order chi connectivity index (χ1) is 12.1. The Morgan fingerprint density at radius 3 is 2.36 bits per heavy atom. The van der Waals surface area contributed by atoms with Crippen molar-refractivity contribution < 1.29 is 4.21 Å². The SMILES string of the molecule is CCCN1CCN(C2=NCCN2S(=O)c2ccc(C(C)C)cc2)CC1. The number of hydrogen-bond acceptors (Lipinski definition) is 4. The van der Waals surface area contributed by atoms with Crippen molar-refractivity contribution in [3.63, 3.8) is 0 Å². The van der Waals surface area contributed by atoms with E-state index in [4.69, 9.17) is 0 Å². The Labute approximate surface area is 154 Å².